The van der Waals surface area contributed by atoms with Crippen molar-refractivity contribution in [1.29, 1.82) is 0 Å². The fourth-order valence-corrected chi connectivity index (χ4v) is 8.47. The van der Waals surface area contributed by atoms with Crippen LogP contribution in [0.2, 0.25) is 0 Å². The van der Waals surface area contributed by atoms with Gasteiger partial charge in [0.1, 0.15) is 29.8 Å². The van der Waals surface area contributed by atoms with Gasteiger partial charge >= 0.3 is 22.5 Å². The second-order valence-electron chi connectivity index (χ2n) is 15.6. The predicted octanol–water partition coefficient (Wildman–Crippen LogP) is 4.40. The Morgan fingerprint density at radius 2 is 1.71 bits per heavy atom. The Bertz CT molecular complexity index is 2280. The van der Waals surface area contributed by atoms with Crippen LogP contribution in [0.4, 0.5) is 17.2 Å². The minimum Gasteiger partial charge on any atom is -0.489 e. The van der Waals surface area contributed by atoms with Crippen molar-refractivity contribution in [2.24, 2.45) is 0 Å². The van der Waals surface area contributed by atoms with Crippen molar-refractivity contribution in [3.05, 3.63) is 87.3 Å². The van der Waals surface area contributed by atoms with E-state index in [1.54, 1.807) is 47.6 Å². The second kappa shape index (κ2) is 21.4. The Morgan fingerprint density at radius 1 is 0.937 bits per heavy atom. The molecule has 2 aromatic heterocycles. The molecule has 17 nitrogen and oxygen atoms in total. The van der Waals surface area contributed by atoms with Crippen molar-refractivity contribution in [1.82, 2.24) is 30.2 Å². The summed E-state index contributed by atoms with van der Waals surface area (Å²) in [4.78, 5) is 67.5. The normalized spacial score (nSPS) is 20.0. The number of anilines is 3. The van der Waals surface area contributed by atoms with E-state index in [1.807, 2.05) is 12.1 Å². The first kappa shape index (κ1) is 46.5. The summed E-state index contributed by atoms with van der Waals surface area (Å²) in [6.45, 7) is 12.3. The third kappa shape index (κ3) is 11.0. The second-order valence-corrected chi connectivity index (χ2v) is 15.6. The third-order valence-electron chi connectivity index (χ3n) is 11.6. The summed E-state index contributed by atoms with van der Waals surface area (Å²) in [6, 6.07) is 14.4. The van der Waals surface area contributed by atoms with E-state index in [0.29, 0.717) is 67.6 Å². The molecule has 4 aromatic rings. The maximum Gasteiger partial charge on any atom is 3.00 e. The van der Waals surface area contributed by atoms with E-state index in [2.05, 4.69) is 62.0 Å². The number of piperazine rings is 1. The van der Waals surface area contributed by atoms with E-state index < -0.39 is 24.6 Å². The molecule has 5 heterocycles. The molecule has 1 aliphatic carbocycles. The molecule has 335 valence electrons. The molecule has 2 aromatic carbocycles. The van der Waals surface area contributed by atoms with Crippen LogP contribution in [0.25, 0.3) is 16.9 Å². The van der Waals surface area contributed by atoms with Crippen LogP contribution in [0.1, 0.15) is 69.3 Å². The summed E-state index contributed by atoms with van der Waals surface area (Å²) in [5, 5.41) is 15.3. The maximum atomic E-state index is 13.6. The number of hydrogen-bond donors (Lipinski definition) is 2. The zero-order valence-corrected chi connectivity index (χ0v) is 36.0. The largest absolute Gasteiger partial charge is 3.00 e. The number of ether oxygens (including phenoxy) is 3. The SMILES string of the molecule is [CH2-]C(=O)OCC(=O)Oc1ccccc1-c1cc(-n2cc(N3CCN(C4CCC(c5cccc6c5OCCN6C5CCC(=O)NC5=O)CC4)CC3=O)cn2)c(N)nn1.[CH2-]CCC[CH2-].[Ni+3]. The summed E-state index contributed by atoms with van der Waals surface area (Å²) in [5.41, 5.74) is 10.1. The number of rotatable bonds is 11. The number of nitrogens with two attached hydrogens (primary N) is 1. The van der Waals surface area contributed by atoms with Gasteiger partial charge < -0.3 is 43.6 Å². The van der Waals surface area contributed by atoms with Crippen LogP contribution >= 0.6 is 0 Å². The number of carbonyl (C=O) groups is 5. The first-order valence-electron chi connectivity index (χ1n) is 21.0. The first-order valence-corrected chi connectivity index (χ1v) is 21.0. The minimum atomic E-state index is -0.850. The van der Waals surface area contributed by atoms with E-state index in [4.69, 9.17) is 15.2 Å². The van der Waals surface area contributed by atoms with Gasteiger partial charge in [0.15, 0.2) is 18.4 Å². The number of carbonyl (C=O) groups excluding carboxylic acids is 5. The number of nitrogen functional groups attached to an aromatic ring is 1. The summed E-state index contributed by atoms with van der Waals surface area (Å²) in [6.07, 6.45) is 11.2. The fourth-order valence-electron chi connectivity index (χ4n) is 8.47. The Hall–Kier alpha value is -6.00. The zero-order chi connectivity index (χ0) is 43.8. The number of nitrogens with zero attached hydrogens (tertiary/aromatic N) is 7. The van der Waals surface area contributed by atoms with Gasteiger partial charge in [-0.25, -0.2) is 9.48 Å². The van der Waals surface area contributed by atoms with Crippen molar-refractivity contribution in [3.8, 4) is 28.4 Å². The molecule has 3 amide bonds. The van der Waals surface area contributed by atoms with Crippen molar-refractivity contribution >= 4 is 46.9 Å². The Kier molecular flexibility index (Phi) is 15.8. The van der Waals surface area contributed by atoms with Gasteiger partial charge in [-0.2, -0.15) is 17.9 Å². The van der Waals surface area contributed by atoms with Crippen molar-refractivity contribution in [2.45, 2.75) is 75.8 Å². The van der Waals surface area contributed by atoms with E-state index in [-0.39, 0.29) is 58.4 Å². The summed E-state index contributed by atoms with van der Waals surface area (Å²) in [7, 11) is 0. The molecule has 18 heteroatoms. The molecular weight excluding hydrogens is 853 g/mol. The van der Waals surface area contributed by atoms with Gasteiger partial charge in [-0.05, 0) is 67.9 Å². The number of amides is 3. The third-order valence-corrected chi connectivity index (χ3v) is 11.6. The molecule has 1 atom stereocenters. The molecule has 0 bridgehead atoms. The van der Waals surface area contributed by atoms with Gasteiger partial charge in [0, 0.05) is 31.1 Å². The standard InChI is InChI=1S/C40H42N9O8.C5H10.Ni/c1-24(50)56-23-37(53)57-34-8-3-2-5-29(34)30-19-33(39(41)45-44-30)49-21-27(20-42-49)47-16-15-46(22-36(47)52)26-11-9-25(10-12-26)28-6-4-7-31-38(28)55-18-17-48(31)32-13-14-35(51)43-40(32)54;1-3-5-4-2;/h2-8,19-21,25-26,32H,1,9-18,22-23H2,(H2,41,45)(H,43,51,54);1-5H2;/q-1;-2;+3. The molecule has 1 radical (unpaired) electrons. The van der Waals surface area contributed by atoms with Crippen LogP contribution in [0, 0.1) is 20.8 Å². The molecule has 8 rings (SSSR count). The number of benzene rings is 2. The average molecular weight is 906 g/mol. The molecular formula is C45H52N9NiO8. The van der Waals surface area contributed by atoms with E-state index in [0.717, 1.165) is 55.5 Å². The van der Waals surface area contributed by atoms with Crippen molar-refractivity contribution < 1.29 is 54.7 Å². The van der Waals surface area contributed by atoms with Gasteiger partial charge in [0.05, 0.1) is 42.6 Å². The maximum absolute atomic E-state index is 13.6. The molecule has 3 N–H and O–H groups in total. The summed E-state index contributed by atoms with van der Waals surface area (Å²) >= 11 is 0. The number of piperidine rings is 1. The Morgan fingerprint density at radius 3 is 2.43 bits per heavy atom. The first-order chi connectivity index (χ1) is 30.0. The number of fused-ring (bicyclic) bond motifs is 1. The molecule has 63 heavy (non-hydrogen) atoms. The Balaban J connectivity index is 0.00000104. The molecule has 3 aliphatic heterocycles. The number of aromatic nitrogens is 4. The summed E-state index contributed by atoms with van der Waals surface area (Å²) < 4.78 is 17.8. The Labute approximate surface area is 376 Å². The van der Waals surface area contributed by atoms with Gasteiger partial charge in [-0.15, -0.1) is 16.6 Å². The van der Waals surface area contributed by atoms with E-state index in [1.165, 1.54) is 11.1 Å². The average Bonchev–Trinajstić information content (AvgIpc) is 3.76. The monoisotopic (exact) mass is 904 g/mol. The van der Waals surface area contributed by atoms with Crippen LogP contribution in [-0.4, -0.2) is 106 Å². The number of imide groups is 1. The molecule has 1 unspecified atom stereocenters. The number of para-hydroxylation sites is 2. The molecule has 3 fully saturated rings. The van der Waals surface area contributed by atoms with Gasteiger partial charge in [0.2, 0.25) is 17.7 Å². The van der Waals surface area contributed by atoms with Gasteiger partial charge in [-0.3, -0.25) is 36.3 Å². The smallest absolute Gasteiger partial charge is 0.489 e. The summed E-state index contributed by atoms with van der Waals surface area (Å²) in [5.74, 6) is -0.731. The molecule has 2 saturated heterocycles. The molecule has 0 spiro atoms. The number of esters is 2. The van der Waals surface area contributed by atoms with Crippen molar-refractivity contribution in [3.63, 3.8) is 0 Å². The van der Waals surface area contributed by atoms with Crippen LogP contribution in [0.3, 0.4) is 0 Å². The zero-order valence-electron chi connectivity index (χ0n) is 35.0. The molecule has 1 saturated carbocycles. The van der Waals surface area contributed by atoms with Gasteiger partial charge in [0.25, 0.3) is 0 Å². The number of hydrogen-bond acceptors (Lipinski definition) is 14. The molecule has 4 aliphatic rings. The number of nitrogens with one attached hydrogen (secondary N) is 1. The quantitative estimate of drug-likeness (QED) is 0.0705. The topological polar surface area (TPSA) is 204 Å². The van der Waals surface area contributed by atoms with E-state index in [9.17, 15) is 24.0 Å². The van der Waals surface area contributed by atoms with Crippen LogP contribution in [-0.2, 0) is 45.2 Å². The van der Waals surface area contributed by atoms with Crippen molar-refractivity contribution in [2.75, 3.05) is 54.9 Å². The minimum absolute atomic E-state index is 0. The van der Waals surface area contributed by atoms with Gasteiger partial charge in [-0.1, -0.05) is 24.3 Å². The van der Waals surface area contributed by atoms with E-state index >= 15 is 0 Å². The van der Waals surface area contributed by atoms with Crippen LogP contribution in [0.5, 0.6) is 11.5 Å². The number of unbranched alkanes of at least 4 members (excludes halogenated alkanes) is 2. The fraction of sp³-hybridized carbons (Fsp3) is 0.400. The van der Waals surface area contributed by atoms with Crippen LogP contribution in [0.15, 0.2) is 60.9 Å². The predicted molar refractivity (Wildman–Crippen MR) is 230 cm³/mol. The van der Waals surface area contributed by atoms with Crippen LogP contribution < -0.4 is 30.3 Å².